The number of hydrogen-bond donors (Lipinski definition) is 2. The first-order valence-electron chi connectivity index (χ1n) is 6.05. The molecule has 0 aliphatic rings. The lowest BCUT2D eigenvalue weighted by Gasteiger charge is -1.69. The number of aliphatic hydroxyl groups is 2. The quantitative estimate of drug-likeness (QED) is 0.750. The number of aliphatic hydroxyl groups excluding tert-OH is 2. The molecule has 0 aromatic heterocycles. The van der Waals surface area contributed by atoms with Crippen LogP contribution in [-0.2, 0) is 0 Å². The smallest absolute Gasteiger partial charge is 0.0402 e. The summed E-state index contributed by atoms with van der Waals surface area (Å²) in [5, 5.41) is 15.1. The zero-order chi connectivity index (χ0) is 13.9. The third-order valence-electron chi connectivity index (χ3n) is 1.33. The molecule has 0 saturated heterocycles. The Morgan fingerprint density at radius 1 is 0.444 bits per heavy atom. The highest BCUT2D eigenvalue weighted by Crippen LogP contribution is 1.80. The molecule has 0 heterocycles. The molecule has 2 nitrogen and oxygen atoms in total. The second-order valence-corrected chi connectivity index (χ2v) is 2.94. The largest absolute Gasteiger partial charge is 0.397 e. The van der Waals surface area contributed by atoms with Gasteiger partial charge >= 0.3 is 0 Å². The highest BCUT2D eigenvalue weighted by molar-refractivity contribution is 4.99. The van der Waals surface area contributed by atoms with Gasteiger partial charge in [0.1, 0.15) is 0 Å². The molecular formula is C16H24O2. The van der Waals surface area contributed by atoms with Crippen LogP contribution in [-0.4, -0.2) is 23.4 Å². The molecule has 2 aromatic carbocycles. The van der Waals surface area contributed by atoms with Crippen LogP contribution in [0.5, 0.6) is 0 Å². The number of hydrogen-bond acceptors (Lipinski definition) is 2. The van der Waals surface area contributed by atoms with E-state index in [0.717, 1.165) is 0 Å². The second kappa shape index (κ2) is 20.7. The summed E-state index contributed by atoms with van der Waals surface area (Å²) in [7, 11) is 0. The molecule has 0 atom stereocenters. The Bertz CT molecular complexity index is 208. The maximum atomic E-state index is 7.57. The van der Waals surface area contributed by atoms with Crippen molar-refractivity contribution in [3.8, 4) is 0 Å². The third-order valence-corrected chi connectivity index (χ3v) is 1.33. The van der Waals surface area contributed by atoms with Gasteiger partial charge in [-0.25, -0.2) is 0 Å². The van der Waals surface area contributed by atoms with Crippen molar-refractivity contribution in [3.63, 3.8) is 0 Å². The van der Waals surface area contributed by atoms with Gasteiger partial charge in [-0.3, -0.25) is 0 Å². The molecule has 18 heavy (non-hydrogen) atoms. The van der Waals surface area contributed by atoms with E-state index in [4.69, 9.17) is 10.2 Å². The van der Waals surface area contributed by atoms with Gasteiger partial charge in [-0.1, -0.05) is 72.8 Å². The van der Waals surface area contributed by atoms with E-state index in [1.54, 1.807) is 13.8 Å². The van der Waals surface area contributed by atoms with Crippen molar-refractivity contribution in [1.29, 1.82) is 0 Å². The van der Waals surface area contributed by atoms with Crippen molar-refractivity contribution in [1.82, 2.24) is 0 Å². The van der Waals surface area contributed by atoms with Gasteiger partial charge < -0.3 is 10.2 Å². The van der Waals surface area contributed by atoms with Crippen LogP contribution in [0.15, 0.2) is 72.8 Å². The van der Waals surface area contributed by atoms with E-state index in [9.17, 15) is 0 Å². The van der Waals surface area contributed by atoms with Gasteiger partial charge in [0.05, 0.1) is 0 Å². The van der Waals surface area contributed by atoms with Crippen LogP contribution in [0.1, 0.15) is 13.8 Å². The predicted octanol–water partition coefficient (Wildman–Crippen LogP) is 3.37. The average Bonchev–Trinajstić information content (AvgIpc) is 2.45. The van der Waals surface area contributed by atoms with Crippen LogP contribution in [0, 0.1) is 0 Å². The van der Waals surface area contributed by atoms with E-state index in [-0.39, 0.29) is 13.2 Å². The highest BCUT2D eigenvalue weighted by atomic mass is 16.3. The molecule has 2 N–H and O–H groups in total. The first-order chi connectivity index (χ1) is 8.83. The van der Waals surface area contributed by atoms with Crippen molar-refractivity contribution < 1.29 is 10.2 Å². The SMILES string of the molecule is CCO.CCO.c1ccccc1.c1ccccc1. The third kappa shape index (κ3) is 23.9. The van der Waals surface area contributed by atoms with Crippen LogP contribution in [0.25, 0.3) is 0 Å². The summed E-state index contributed by atoms with van der Waals surface area (Å²) in [5.74, 6) is 0. The fourth-order valence-electron chi connectivity index (χ4n) is 0.770. The van der Waals surface area contributed by atoms with Crippen molar-refractivity contribution in [3.05, 3.63) is 72.8 Å². The molecule has 2 rings (SSSR count). The van der Waals surface area contributed by atoms with Crippen molar-refractivity contribution in [2.45, 2.75) is 13.8 Å². The van der Waals surface area contributed by atoms with Gasteiger partial charge in [0.15, 0.2) is 0 Å². The van der Waals surface area contributed by atoms with Gasteiger partial charge in [0, 0.05) is 13.2 Å². The van der Waals surface area contributed by atoms with Gasteiger partial charge in [0.25, 0.3) is 0 Å². The Kier molecular flexibility index (Phi) is 21.6. The Hall–Kier alpha value is -1.64. The minimum atomic E-state index is 0.250. The molecule has 0 bridgehead atoms. The van der Waals surface area contributed by atoms with Crippen molar-refractivity contribution in [2.75, 3.05) is 13.2 Å². The first kappa shape index (κ1) is 18.7. The summed E-state index contributed by atoms with van der Waals surface area (Å²) in [6.45, 7) is 3.86. The van der Waals surface area contributed by atoms with Gasteiger partial charge in [-0.2, -0.15) is 0 Å². The molecule has 0 radical (unpaired) electrons. The van der Waals surface area contributed by atoms with Gasteiger partial charge in [0.2, 0.25) is 0 Å². The minimum absolute atomic E-state index is 0.250. The lowest BCUT2D eigenvalue weighted by molar-refractivity contribution is 0.318. The Morgan fingerprint density at radius 2 is 0.500 bits per heavy atom. The fourth-order valence-corrected chi connectivity index (χ4v) is 0.770. The van der Waals surface area contributed by atoms with E-state index in [2.05, 4.69) is 0 Å². The molecule has 0 aliphatic carbocycles. The van der Waals surface area contributed by atoms with Crippen LogP contribution in [0.4, 0.5) is 0 Å². The topological polar surface area (TPSA) is 40.5 Å². The molecule has 0 saturated carbocycles. The second-order valence-electron chi connectivity index (χ2n) is 2.94. The zero-order valence-electron chi connectivity index (χ0n) is 11.2. The summed E-state index contributed by atoms with van der Waals surface area (Å²) < 4.78 is 0. The van der Waals surface area contributed by atoms with E-state index in [0.29, 0.717) is 0 Å². The number of rotatable bonds is 0. The maximum absolute atomic E-state index is 7.57. The zero-order valence-corrected chi connectivity index (χ0v) is 11.2. The van der Waals surface area contributed by atoms with E-state index < -0.39 is 0 Å². The van der Waals surface area contributed by atoms with Gasteiger partial charge in [-0.15, -0.1) is 0 Å². The maximum Gasteiger partial charge on any atom is 0.0402 e. The number of benzene rings is 2. The Labute approximate surface area is 111 Å². The summed E-state index contributed by atoms with van der Waals surface area (Å²) >= 11 is 0. The van der Waals surface area contributed by atoms with Crippen LogP contribution in [0.3, 0.4) is 0 Å². The highest BCUT2D eigenvalue weighted by Gasteiger charge is 1.58. The lowest BCUT2D eigenvalue weighted by Crippen LogP contribution is -1.57. The summed E-state index contributed by atoms with van der Waals surface area (Å²) in [5.41, 5.74) is 0. The molecule has 0 spiro atoms. The van der Waals surface area contributed by atoms with Crippen LogP contribution in [0.2, 0.25) is 0 Å². The fraction of sp³-hybridized carbons (Fsp3) is 0.250. The summed E-state index contributed by atoms with van der Waals surface area (Å²) in [6, 6.07) is 24.0. The van der Waals surface area contributed by atoms with Gasteiger partial charge in [-0.05, 0) is 13.8 Å². The molecule has 0 unspecified atom stereocenters. The van der Waals surface area contributed by atoms with Crippen molar-refractivity contribution >= 4 is 0 Å². The monoisotopic (exact) mass is 248 g/mol. The average molecular weight is 248 g/mol. The predicted molar refractivity (Wildman–Crippen MR) is 78.4 cm³/mol. The van der Waals surface area contributed by atoms with E-state index in [1.165, 1.54) is 0 Å². The first-order valence-corrected chi connectivity index (χ1v) is 6.05. The Balaban J connectivity index is 0. The molecular weight excluding hydrogens is 224 g/mol. The standard InChI is InChI=1S/2C6H6.2C2H6O/c2*1-2-4-6-5-3-1;2*1-2-3/h2*1-6H;2*3H,2H2,1H3. The Morgan fingerprint density at radius 3 is 0.556 bits per heavy atom. The summed E-state index contributed by atoms with van der Waals surface area (Å²) in [6.07, 6.45) is 0. The molecule has 0 amide bonds. The lowest BCUT2D eigenvalue weighted by atomic mass is 10.4. The molecule has 100 valence electrons. The van der Waals surface area contributed by atoms with Crippen LogP contribution < -0.4 is 0 Å². The molecule has 0 fully saturated rings. The molecule has 2 heteroatoms. The van der Waals surface area contributed by atoms with Crippen molar-refractivity contribution in [2.24, 2.45) is 0 Å². The normalized spacial score (nSPS) is 7.33. The molecule has 2 aromatic rings. The van der Waals surface area contributed by atoms with E-state index in [1.807, 2.05) is 72.8 Å². The summed E-state index contributed by atoms with van der Waals surface area (Å²) in [4.78, 5) is 0. The van der Waals surface area contributed by atoms with E-state index >= 15 is 0 Å². The minimum Gasteiger partial charge on any atom is -0.397 e. The van der Waals surface area contributed by atoms with Crippen LogP contribution >= 0.6 is 0 Å². The molecule has 0 aliphatic heterocycles.